The molecule has 0 aliphatic carbocycles. The Kier molecular flexibility index (Phi) is 1.96. The van der Waals surface area contributed by atoms with Gasteiger partial charge in [-0.2, -0.15) is 8.81 Å². The van der Waals surface area contributed by atoms with Gasteiger partial charge in [0.15, 0.2) is 0 Å². The molecule has 3 heteroatoms. The first kappa shape index (κ1) is 8.51. The molecule has 0 bridgehead atoms. The Morgan fingerprint density at radius 3 is 2.85 bits per heavy atom. The van der Waals surface area contributed by atoms with Gasteiger partial charge in [0.05, 0.1) is 27.4 Å². The summed E-state index contributed by atoms with van der Waals surface area (Å²) in [6, 6.07) is 8.06. The summed E-state index contributed by atoms with van der Waals surface area (Å²) in [5.74, 6) is 0. The van der Waals surface area contributed by atoms with Crippen LogP contribution in [0, 0.1) is 0 Å². The van der Waals surface area contributed by atoms with Crippen LogP contribution >= 0.6 is 16.1 Å². The van der Waals surface area contributed by atoms with Gasteiger partial charge >= 0.3 is 0 Å². The van der Waals surface area contributed by atoms with Crippen LogP contribution in [0.5, 0.6) is 0 Å². The van der Waals surface area contributed by atoms with Gasteiger partial charge in [-0.1, -0.05) is 24.8 Å². The fourth-order valence-corrected chi connectivity index (χ4v) is 1.81. The van der Waals surface area contributed by atoms with E-state index in [1.165, 1.54) is 0 Å². The van der Waals surface area contributed by atoms with Crippen LogP contribution in [0.25, 0.3) is 16.5 Å². The largest absolute Gasteiger partial charge is 0.196 e. The van der Waals surface area contributed by atoms with Crippen molar-refractivity contribution in [2.45, 2.75) is 6.92 Å². The Balaban J connectivity index is 2.85. The summed E-state index contributed by atoms with van der Waals surface area (Å²) in [6.07, 6.45) is 0. The highest BCUT2D eigenvalue weighted by Crippen LogP contribution is 2.24. The average molecular weight is 237 g/mol. The highest BCUT2D eigenvalue weighted by Gasteiger charge is 2.07. The fourth-order valence-electron chi connectivity index (χ4n) is 1.35. The van der Waals surface area contributed by atoms with Crippen LogP contribution in [0.1, 0.15) is 12.6 Å². The Hall–Kier alpha value is -1.09. The van der Waals surface area contributed by atoms with Crippen molar-refractivity contribution in [3.8, 4) is 0 Å². The molecule has 0 spiro atoms. The van der Waals surface area contributed by atoms with E-state index >= 15 is 0 Å². The Bertz CT molecular complexity index is 471. The van der Waals surface area contributed by atoms with E-state index in [0.29, 0.717) is 0 Å². The number of halogens is 1. The van der Waals surface area contributed by atoms with Gasteiger partial charge in [0.1, 0.15) is 0 Å². The number of allylic oxidation sites excluding steroid dienone is 1. The molecule has 0 fully saturated rings. The first-order chi connectivity index (χ1) is 6.20. The van der Waals surface area contributed by atoms with Gasteiger partial charge in [0, 0.05) is 5.39 Å². The van der Waals surface area contributed by atoms with Crippen molar-refractivity contribution in [1.29, 1.82) is 0 Å². The van der Waals surface area contributed by atoms with Crippen LogP contribution in [0.3, 0.4) is 0 Å². The number of benzene rings is 1. The SMILES string of the molecule is C=C(C)c1nn(Br)c2ccccc12. The molecule has 0 N–H and O–H groups in total. The van der Waals surface area contributed by atoms with Crippen LogP contribution in [0.15, 0.2) is 30.8 Å². The molecule has 0 amide bonds. The second-order valence-electron chi connectivity index (χ2n) is 3.01. The number of fused-ring (bicyclic) bond motifs is 1. The molecule has 0 unspecified atom stereocenters. The van der Waals surface area contributed by atoms with Gasteiger partial charge < -0.3 is 0 Å². The second-order valence-corrected chi connectivity index (χ2v) is 3.68. The van der Waals surface area contributed by atoms with Crippen LogP contribution in [-0.4, -0.2) is 8.81 Å². The molecular formula is C10H9BrN2. The van der Waals surface area contributed by atoms with Crippen molar-refractivity contribution >= 4 is 32.6 Å². The molecule has 2 rings (SSSR count). The molecule has 66 valence electrons. The predicted octanol–water partition coefficient (Wildman–Crippen LogP) is 3.23. The monoisotopic (exact) mass is 236 g/mol. The zero-order valence-electron chi connectivity index (χ0n) is 7.29. The molecular weight excluding hydrogens is 228 g/mol. The smallest absolute Gasteiger partial charge is 0.0963 e. The summed E-state index contributed by atoms with van der Waals surface area (Å²) in [5, 5.41) is 5.45. The summed E-state index contributed by atoms with van der Waals surface area (Å²) in [4.78, 5) is 0. The standard InChI is InChI=1S/C10H9BrN2/c1-7(2)10-8-5-3-4-6-9(8)13(11)12-10/h3-6H,1H2,2H3. The number of hydrogen-bond donors (Lipinski definition) is 0. The maximum atomic E-state index is 4.32. The maximum Gasteiger partial charge on any atom is 0.0963 e. The lowest BCUT2D eigenvalue weighted by atomic mass is 10.1. The van der Waals surface area contributed by atoms with Gasteiger partial charge in [-0.05, 0) is 18.6 Å². The summed E-state index contributed by atoms with van der Waals surface area (Å²) < 4.78 is 1.70. The van der Waals surface area contributed by atoms with E-state index in [9.17, 15) is 0 Å². The second kappa shape index (κ2) is 3.00. The maximum absolute atomic E-state index is 4.32. The van der Waals surface area contributed by atoms with E-state index in [1.54, 1.807) is 3.71 Å². The fraction of sp³-hybridized carbons (Fsp3) is 0.100. The van der Waals surface area contributed by atoms with Crippen molar-refractivity contribution in [2.75, 3.05) is 0 Å². The van der Waals surface area contributed by atoms with E-state index < -0.39 is 0 Å². The molecule has 2 aromatic rings. The molecule has 0 aliphatic heterocycles. The lowest BCUT2D eigenvalue weighted by Gasteiger charge is -1.91. The van der Waals surface area contributed by atoms with Crippen molar-refractivity contribution < 1.29 is 0 Å². The lowest BCUT2D eigenvalue weighted by Crippen LogP contribution is -1.82. The quantitative estimate of drug-likeness (QED) is 0.744. The van der Waals surface area contributed by atoms with E-state index in [0.717, 1.165) is 22.2 Å². The first-order valence-electron chi connectivity index (χ1n) is 4.00. The molecule has 0 atom stereocenters. The molecule has 1 aromatic heterocycles. The third-order valence-corrected chi connectivity index (χ3v) is 2.49. The molecule has 0 saturated heterocycles. The van der Waals surface area contributed by atoms with Crippen molar-refractivity contribution in [3.63, 3.8) is 0 Å². The summed E-state index contributed by atoms with van der Waals surface area (Å²) in [7, 11) is 0. The van der Waals surface area contributed by atoms with Gasteiger partial charge in [0.25, 0.3) is 0 Å². The van der Waals surface area contributed by atoms with Crippen molar-refractivity contribution in [1.82, 2.24) is 8.81 Å². The number of rotatable bonds is 1. The van der Waals surface area contributed by atoms with Gasteiger partial charge in [-0.25, -0.2) is 0 Å². The Labute approximate surface area is 85.2 Å². The third kappa shape index (κ3) is 1.29. The molecule has 1 heterocycles. The minimum atomic E-state index is 0.951. The third-order valence-electron chi connectivity index (χ3n) is 1.95. The first-order valence-corrected chi connectivity index (χ1v) is 4.71. The minimum Gasteiger partial charge on any atom is -0.196 e. The molecule has 13 heavy (non-hydrogen) atoms. The van der Waals surface area contributed by atoms with Gasteiger partial charge in [-0.15, -0.1) is 0 Å². The zero-order chi connectivity index (χ0) is 9.42. The summed E-state index contributed by atoms with van der Waals surface area (Å²) in [5.41, 5.74) is 3.00. The molecule has 1 aromatic carbocycles. The summed E-state index contributed by atoms with van der Waals surface area (Å²) >= 11 is 3.35. The number of hydrogen-bond acceptors (Lipinski definition) is 1. The number of aromatic nitrogens is 2. The minimum absolute atomic E-state index is 0.951. The van der Waals surface area contributed by atoms with E-state index in [4.69, 9.17) is 0 Å². The van der Waals surface area contributed by atoms with Gasteiger partial charge in [0.2, 0.25) is 0 Å². The van der Waals surface area contributed by atoms with E-state index in [1.807, 2.05) is 31.2 Å². The molecule has 2 nitrogen and oxygen atoms in total. The topological polar surface area (TPSA) is 17.8 Å². The summed E-state index contributed by atoms with van der Waals surface area (Å²) in [6.45, 7) is 5.85. The highest BCUT2D eigenvalue weighted by atomic mass is 79.9. The number of nitrogens with zero attached hydrogens (tertiary/aromatic N) is 2. The van der Waals surface area contributed by atoms with Gasteiger partial charge in [-0.3, -0.25) is 0 Å². The Morgan fingerprint density at radius 1 is 1.46 bits per heavy atom. The average Bonchev–Trinajstić information content (AvgIpc) is 2.45. The molecule has 0 aliphatic rings. The highest BCUT2D eigenvalue weighted by molar-refractivity contribution is 9.08. The normalized spacial score (nSPS) is 10.6. The van der Waals surface area contributed by atoms with Crippen LogP contribution in [-0.2, 0) is 0 Å². The van der Waals surface area contributed by atoms with E-state index in [2.05, 4.69) is 27.8 Å². The van der Waals surface area contributed by atoms with Crippen LogP contribution < -0.4 is 0 Å². The zero-order valence-corrected chi connectivity index (χ0v) is 8.87. The van der Waals surface area contributed by atoms with Crippen molar-refractivity contribution in [3.05, 3.63) is 36.5 Å². The predicted molar refractivity (Wildman–Crippen MR) is 58.8 cm³/mol. The van der Waals surface area contributed by atoms with E-state index in [-0.39, 0.29) is 0 Å². The van der Waals surface area contributed by atoms with Crippen LogP contribution in [0.2, 0.25) is 0 Å². The Morgan fingerprint density at radius 2 is 2.15 bits per heavy atom. The lowest BCUT2D eigenvalue weighted by molar-refractivity contribution is 1.05. The van der Waals surface area contributed by atoms with Crippen molar-refractivity contribution in [2.24, 2.45) is 0 Å². The number of para-hydroxylation sites is 1. The van der Waals surface area contributed by atoms with Crippen LogP contribution in [0.4, 0.5) is 0 Å². The molecule has 0 saturated carbocycles. The molecule has 0 radical (unpaired) electrons.